The lowest BCUT2D eigenvalue weighted by Gasteiger charge is -2.34. The summed E-state index contributed by atoms with van der Waals surface area (Å²) in [6.07, 6.45) is -4.68. The molecule has 4 aromatic carbocycles. The van der Waals surface area contributed by atoms with Gasteiger partial charge in [-0.3, -0.25) is 13.9 Å². The van der Waals surface area contributed by atoms with Crippen LogP contribution in [-0.4, -0.2) is 51.4 Å². The highest BCUT2D eigenvalue weighted by Crippen LogP contribution is 2.33. The molecule has 0 heterocycles. The fraction of sp³-hybridized carbons (Fsp3) is 0.278. The fourth-order valence-electron chi connectivity index (χ4n) is 5.03. The molecule has 8 nitrogen and oxygen atoms in total. The Hall–Kier alpha value is -4.84. The number of rotatable bonds is 14. The number of halogens is 3. The minimum Gasteiger partial charge on any atom is -0.497 e. The second-order valence-corrected chi connectivity index (χ2v) is 13.5. The van der Waals surface area contributed by atoms with Crippen LogP contribution in [0.4, 0.5) is 18.9 Å². The molecule has 0 bridgehead atoms. The standard InChI is InChI=1S/C36H38F3N3O5S/c1-26(2)23-40-35(44)33(21-27-12-6-4-7-13-27)41(24-28-14-10-17-31(20-28)47-3)34(43)25-42(48(45,46)32-18-8-5-9-19-32)30-16-11-15-29(22-30)36(37,38)39/h4-20,22,26,33H,21,23-25H2,1-3H3,(H,40,44). The van der Waals surface area contributed by atoms with Gasteiger partial charge in [-0.05, 0) is 59.5 Å². The topological polar surface area (TPSA) is 96.0 Å². The Morgan fingerprint density at radius 2 is 1.46 bits per heavy atom. The van der Waals surface area contributed by atoms with E-state index in [9.17, 15) is 31.2 Å². The van der Waals surface area contributed by atoms with Crippen molar-refractivity contribution >= 4 is 27.5 Å². The number of sulfonamides is 1. The molecule has 1 N–H and O–H groups in total. The van der Waals surface area contributed by atoms with E-state index in [0.29, 0.717) is 28.2 Å². The third-order valence-electron chi connectivity index (χ3n) is 7.51. The Morgan fingerprint density at radius 3 is 2.08 bits per heavy atom. The molecule has 1 unspecified atom stereocenters. The highest BCUT2D eigenvalue weighted by atomic mass is 32.2. The zero-order chi connectivity index (χ0) is 34.9. The van der Waals surface area contributed by atoms with Gasteiger partial charge >= 0.3 is 6.18 Å². The summed E-state index contributed by atoms with van der Waals surface area (Å²) in [5.41, 5.74) is -0.0950. The SMILES string of the molecule is COc1cccc(CN(C(=O)CN(c2cccc(C(F)(F)F)c2)S(=O)(=O)c2ccccc2)C(Cc2ccccc2)C(=O)NCC(C)C)c1. The second kappa shape index (κ2) is 15.8. The number of carbonyl (C=O) groups is 2. The number of nitrogens with one attached hydrogen (secondary N) is 1. The number of methoxy groups -OCH3 is 1. The van der Waals surface area contributed by atoms with E-state index in [0.717, 1.165) is 17.7 Å². The van der Waals surface area contributed by atoms with Gasteiger partial charge in [0.15, 0.2) is 0 Å². The van der Waals surface area contributed by atoms with E-state index in [1.807, 2.05) is 32.0 Å². The van der Waals surface area contributed by atoms with Gasteiger partial charge in [0.2, 0.25) is 11.8 Å². The number of benzene rings is 4. The smallest absolute Gasteiger partial charge is 0.416 e. The number of nitrogens with zero attached hydrogens (tertiary/aromatic N) is 2. The molecule has 4 rings (SSSR count). The van der Waals surface area contributed by atoms with Crippen LogP contribution >= 0.6 is 0 Å². The van der Waals surface area contributed by atoms with Crippen molar-refractivity contribution in [3.05, 3.63) is 126 Å². The van der Waals surface area contributed by atoms with Gasteiger partial charge in [-0.15, -0.1) is 0 Å². The molecule has 0 aliphatic rings. The van der Waals surface area contributed by atoms with Gasteiger partial charge in [0.25, 0.3) is 10.0 Å². The summed E-state index contributed by atoms with van der Waals surface area (Å²) in [5.74, 6) is -0.655. The van der Waals surface area contributed by atoms with Crippen LogP contribution in [0.15, 0.2) is 114 Å². The van der Waals surface area contributed by atoms with Gasteiger partial charge in [0.1, 0.15) is 18.3 Å². The number of hydrogen-bond acceptors (Lipinski definition) is 5. The summed E-state index contributed by atoms with van der Waals surface area (Å²) in [6, 6.07) is 25.7. The first-order chi connectivity index (χ1) is 22.8. The van der Waals surface area contributed by atoms with E-state index in [2.05, 4.69) is 5.32 Å². The molecule has 1 atom stereocenters. The van der Waals surface area contributed by atoms with Crippen molar-refractivity contribution in [2.75, 3.05) is 24.5 Å². The molecule has 0 fully saturated rings. The minimum absolute atomic E-state index is 0.0927. The van der Waals surface area contributed by atoms with Crippen LogP contribution in [0.1, 0.15) is 30.5 Å². The monoisotopic (exact) mass is 681 g/mol. The maximum absolute atomic E-state index is 14.5. The predicted molar refractivity (Wildman–Crippen MR) is 178 cm³/mol. The zero-order valence-electron chi connectivity index (χ0n) is 26.9. The lowest BCUT2D eigenvalue weighted by Crippen LogP contribution is -2.53. The highest BCUT2D eigenvalue weighted by Gasteiger charge is 2.36. The largest absolute Gasteiger partial charge is 0.497 e. The van der Waals surface area contributed by atoms with Gasteiger partial charge in [-0.1, -0.05) is 80.6 Å². The van der Waals surface area contributed by atoms with Crippen LogP contribution in [0.2, 0.25) is 0 Å². The summed E-state index contributed by atoms with van der Waals surface area (Å²) in [7, 11) is -3.07. The molecule has 0 aliphatic carbocycles. The first-order valence-corrected chi connectivity index (χ1v) is 16.7. The molecule has 254 valence electrons. The van der Waals surface area contributed by atoms with Crippen LogP contribution in [0.25, 0.3) is 0 Å². The lowest BCUT2D eigenvalue weighted by molar-refractivity contribution is -0.140. The van der Waals surface area contributed by atoms with Crippen LogP contribution in [0, 0.1) is 5.92 Å². The normalized spacial score (nSPS) is 12.3. The summed E-state index contributed by atoms with van der Waals surface area (Å²) < 4.78 is 75.4. The zero-order valence-corrected chi connectivity index (χ0v) is 27.7. The number of amides is 2. The van der Waals surface area contributed by atoms with Crippen molar-refractivity contribution in [2.45, 2.75) is 43.9 Å². The van der Waals surface area contributed by atoms with Crippen LogP contribution in [0.5, 0.6) is 5.75 Å². The van der Waals surface area contributed by atoms with Gasteiger partial charge in [0.05, 0.1) is 23.3 Å². The lowest BCUT2D eigenvalue weighted by atomic mass is 10.0. The first-order valence-electron chi connectivity index (χ1n) is 15.3. The van der Waals surface area contributed by atoms with E-state index in [4.69, 9.17) is 4.74 Å². The molecule has 2 amide bonds. The summed E-state index contributed by atoms with van der Waals surface area (Å²) in [4.78, 5) is 29.4. The average Bonchev–Trinajstić information content (AvgIpc) is 3.08. The number of ether oxygens (including phenoxy) is 1. The molecule has 0 spiro atoms. The third kappa shape index (κ3) is 9.37. The molecule has 48 heavy (non-hydrogen) atoms. The molecule has 4 aromatic rings. The van der Waals surface area contributed by atoms with E-state index < -0.39 is 46.2 Å². The van der Waals surface area contributed by atoms with Crippen molar-refractivity contribution in [1.82, 2.24) is 10.2 Å². The molecule has 0 aromatic heterocycles. The molecule has 0 aliphatic heterocycles. The van der Waals surface area contributed by atoms with E-state index >= 15 is 0 Å². The van der Waals surface area contributed by atoms with Crippen molar-refractivity contribution in [2.24, 2.45) is 5.92 Å². The van der Waals surface area contributed by atoms with Gasteiger partial charge in [-0.2, -0.15) is 13.2 Å². The summed E-state index contributed by atoms with van der Waals surface area (Å²) in [6.45, 7) is 3.17. The van der Waals surface area contributed by atoms with E-state index in [1.54, 1.807) is 42.5 Å². The van der Waals surface area contributed by atoms with Crippen molar-refractivity contribution < 1.29 is 35.9 Å². The Balaban J connectivity index is 1.84. The maximum Gasteiger partial charge on any atom is 0.416 e. The first kappa shape index (κ1) is 36.0. The van der Waals surface area contributed by atoms with Crippen LogP contribution in [0.3, 0.4) is 0 Å². The number of carbonyl (C=O) groups excluding carboxylic acids is 2. The van der Waals surface area contributed by atoms with Crippen molar-refractivity contribution in [1.29, 1.82) is 0 Å². The Labute approximate surface area is 279 Å². The molecule has 0 saturated carbocycles. The Bertz CT molecular complexity index is 1790. The molecule has 0 radical (unpaired) electrons. The van der Waals surface area contributed by atoms with Gasteiger partial charge in [0, 0.05) is 19.5 Å². The van der Waals surface area contributed by atoms with Gasteiger partial charge in [-0.25, -0.2) is 8.42 Å². The summed E-state index contributed by atoms with van der Waals surface area (Å²) in [5, 5.41) is 2.90. The van der Waals surface area contributed by atoms with Crippen molar-refractivity contribution in [3.63, 3.8) is 0 Å². The predicted octanol–water partition coefficient (Wildman–Crippen LogP) is 6.32. The van der Waals surface area contributed by atoms with Crippen LogP contribution < -0.4 is 14.4 Å². The van der Waals surface area contributed by atoms with Crippen molar-refractivity contribution in [3.8, 4) is 5.75 Å². The quantitative estimate of drug-likeness (QED) is 0.168. The van der Waals surface area contributed by atoms with E-state index in [1.165, 1.54) is 42.3 Å². The average molecular weight is 682 g/mol. The van der Waals surface area contributed by atoms with Gasteiger partial charge < -0.3 is 15.0 Å². The number of hydrogen-bond donors (Lipinski definition) is 1. The maximum atomic E-state index is 14.5. The second-order valence-electron chi connectivity index (χ2n) is 11.6. The fourth-order valence-corrected chi connectivity index (χ4v) is 6.46. The van der Waals surface area contributed by atoms with E-state index in [-0.39, 0.29) is 29.5 Å². The molecular formula is C36H38F3N3O5S. The molecular weight excluding hydrogens is 643 g/mol. The summed E-state index contributed by atoms with van der Waals surface area (Å²) >= 11 is 0. The number of alkyl halides is 3. The third-order valence-corrected chi connectivity index (χ3v) is 9.30. The Kier molecular flexibility index (Phi) is 11.9. The Morgan fingerprint density at radius 1 is 0.833 bits per heavy atom. The van der Waals surface area contributed by atoms with Crippen LogP contribution in [-0.2, 0) is 38.8 Å². The molecule has 12 heteroatoms. The minimum atomic E-state index is -4.77. The highest BCUT2D eigenvalue weighted by molar-refractivity contribution is 7.92. The molecule has 0 saturated heterocycles. The number of anilines is 1.